The van der Waals surface area contributed by atoms with Gasteiger partial charge < -0.3 is 24.7 Å². The Morgan fingerprint density at radius 1 is 1.05 bits per heavy atom. The topological polar surface area (TPSA) is 104 Å². The third kappa shape index (κ3) is 5.61. The summed E-state index contributed by atoms with van der Waals surface area (Å²) >= 11 is 12.4. The van der Waals surface area contributed by atoms with Crippen LogP contribution < -0.4 is 24.7 Å². The number of allylic oxidation sites excluding steroid dienone is 1. The minimum atomic E-state index is -0.666. The van der Waals surface area contributed by atoms with Gasteiger partial charge in [-0.05, 0) is 49.2 Å². The molecule has 0 spiro atoms. The number of fused-ring (bicyclic) bond motifs is 1. The van der Waals surface area contributed by atoms with E-state index < -0.39 is 11.9 Å². The lowest BCUT2D eigenvalue weighted by Crippen LogP contribution is -2.21. The first kappa shape index (κ1) is 26.2. The van der Waals surface area contributed by atoms with Crippen molar-refractivity contribution in [1.29, 1.82) is 5.26 Å². The van der Waals surface area contributed by atoms with E-state index in [4.69, 9.17) is 47.9 Å². The summed E-state index contributed by atoms with van der Waals surface area (Å²) in [6.07, 6.45) is 0.872. The van der Waals surface area contributed by atoms with Gasteiger partial charge in [-0.15, -0.1) is 0 Å². The molecular weight excluding hydrogens is 515 g/mol. The molecule has 0 radical (unpaired) electrons. The maximum absolute atomic E-state index is 12.8. The second-order valence-corrected chi connectivity index (χ2v) is 8.95. The Morgan fingerprint density at radius 2 is 1.81 bits per heavy atom. The van der Waals surface area contributed by atoms with Crippen molar-refractivity contribution in [2.45, 2.75) is 26.2 Å². The molecule has 0 aromatic heterocycles. The van der Waals surface area contributed by atoms with E-state index in [9.17, 15) is 10.1 Å². The standard InChI is InChI=1S/C28H24Cl2N2O5/c1-3-10-35-18-7-5-6-16(11-18)25-20-9-8-19(14-24(20)37-27(32)21(25)15-31)36-28(33)17-12-22(29)26(34-4-2)23(30)13-17/h5-9,11-14,25H,3-4,10,32H2,1-2H3. The first-order valence-corrected chi connectivity index (χ1v) is 12.4. The van der Waals surface area contributed by atoms with E-state index in [1.54, 1.807) is 25.1 Å². The Kier molecular flexibility index (Phi) is 8.12. The number of halogens is 2. The van der Waals surface area contributed by atoms with Crippen molar-refractivity contribution < 1.29 is 23.7 Å². The highest BCUT2D eigenvalue weighted by Crippen LogP contribution is 2.44. The predicted molar refractivity (Wildman–Crippen MR) is 141 cm³/mol. The van der Waals surface area contributed by atoms with Crippen LogP contribution in [0.2, 0.25) is 10.0 Å². The van der Waals surface area contributed by atoms with Gasteiger partial charge in [0, 0.05) is 11.6 Å². The molecule has 1 aliphatic rings. The lowest BCUT2D eigenvalue weighted by atomic mass is 9.83. The number of nitrogens with two attached hydrogens (primary N) is 1. The van der Waals surface area contributed by atoms with Crippen LogP contribution in [-0.4, -0.2) is 19.2 Å². The maximum atomic E-state index is 12.8. The van der Waals surface area contributed by atoms with Crippen molar-refractivity contribution in [3.8, 4) is 29.1 Å². The van der Waals surface area contributed by atoms with Crippen LogP contribution in [0.3, 0.4) is 0 Å². The molecule has 3 aromatic carbocycles. The smallest absolute Gasteiger partial charge is 0.343 e. The Bertz CT molecular complexity index is 1390. The number of nitriles is 1. The summed E-state index contributed by atoms with van der Waals surface area (Å²) < 4.78 is 22.5. The fraction of sp³-hybridized carbons (Fsp3) is 0.214. The molecule has 0 saturated heterocycles. The highest BCUT2D eigenvalue weighted by molar-refractivity contribution is 6.37. The van der Waals surface area contributed by atoms with Gasteiger partial charge in [-0.3, -0.25) is 0 Å². The number of carbonyl (C=O) groups is 1. The fourth-order valence-corrected chi connectivity index (χ4v) is 4.57. The zero-order valence-electron chi connectivity index (χ0n) is 20.2. The van der Waals surface area contributed by atoms with Crippen LogP contribution in [0, 0.1) is 11.3 Å². The van der Waals surface area contributed by atoms with Gasteiger partial charge in [0.25, 0.3) is 0 Å². The summed E-state index contributed by atoms with van der Waals surface area (Å²) in [4.78, 5) is 12.8. The van der Waals surface area contributed by atoms with Gasteiger partial charge in [0.05, 0.1) is 34.7 Å². The fourth-order valence-electron chi connectivity index (χ4n) is 3.97. The summed E-state index contributed by atoms with van der Waals surface area (Å²) in [6, 6.07) is 17.5. The Balaban J connectivity index is 1.64. The van der Waals surface area contributed by atoms with Gasteiger partial charge in [-0.25, -0.2) is 4.79 Å². The van der Waals surface area contributed by atoms with Crippen molar-refractivity contribution in [2.75, 3.05) is 13.2 Å². The number of hydrogen-bond acceptors (Lipinski definition) is 7. The minimum absolute atomic E-state index is 0.0200. The van der Waals surface area contributed by atoms with Crippen LogP contribution >= 0.6 is 23.2 Å². The average Bonchev–Trinajstić information content (AvgIpc) is 2.88. The van der Waals surface area contributed by atoms with Crippen LogP contribution in [0.25, 0.3) is 0 Å². The average molecular weight is 539 g/mol. The third-order valence-corrected chi connectivity index (χ3v) is 6.15. The number of benzene rings is 3. The van der Waals surface area contributed by atoms with Crippen molar-refractivity contribution in [3.63, 3.8) is 0 Å². The lowest BCUT2D eigenvalue weighted by molar-refractivity contribution is 0.0734. The van der Waals surface area contributed by atoms with E-state index in [2.05, 4.69) is 6.07 Å². The molecule has 1 heterocycles. The summed E-state index contributed by atoms with van der Waals surface area (Å²) in [5.41, 5.74) is 8.08. The van der Waals surface area contributed by atoms with E-state index >= 15 is 0 Å². The molecule has 0 bridgehead atoms. The van der Waals surface area contributed by atoms with Crippen molar-refractivity contribution in [3.05, 3.63) is 92.8 Å². The van der Waals surface area contributed by atoms with Crippen molar-refractivity contribution in [1.82, 2.24) is 0 Å². The molecule has 9 heteroatoms. The molecule has 1 aliphatic heterocycles. The number of hydrogen-bond donors (Lipinski definition) is 1. The number of nitrogens with zero attached hydrogens (tertiary/aromatic N) is 1. The molecule has 190 valence electrons. The van der Waals surface area contributed by atoms with Gasteiger partial charge >= 0.3 is 5.97 Å². The molecule has 7 nitrogen and oxygen atoms in total. The molecule has 0 amide bonds. The summed E-state index contributed by atoms with van der Waals surface area (Å²) in [5.74, 6) is 0.421. The van der Waals surface area contributed by atoms with E-state index in [0.717, 1.165) is 12.0 Å². The monoisotopic (exact) mass is 538 g/mol. The largest absolute Gasteiger partial charge is 0.494 e. The first-order chi connectivity index (χ1) is 17.9. The Labute approximate surface area is 224 Å². The number of carbonyl (C=O) groups excluding carboxylic acids is 1. The first-order valence-electron chi connectivity index (χ1n) is 11.6. The van der Waals surface area contributed by atoms with Crippen LogP contribution in [-0.2, 0) is 0 Å². The molecular formula is C28H24Cl2N2O5. The van der Waals surface area contributed by atoms with E-state index in [-0.39, 0.29) is 32.8 Å². The quantitative estimate of drug-likeness (QED) is 0.254. The lowest BCUT2D eigenvalue weighted by Gasteiger charge is -2.27. The number of ether oxygens (including phenoxy) is 4. The van der Waals surface area contributed by atoms with Crippen LogP contribution in [0.1, 0.15) is 47.7 Å². The van der Waals surface area contributed by atoms with Crippen molar-refractivity contribution >= 4 is 29.2 Å². The van der Waals surface area contributed by atoms with Gasteiger partial charge in [0.2, 0.25) is 5.88 Å². The summed E-state index contributed by atoms with van der Waals surface area (Å²) in [7, 11) is 0. The van der Waals surface area contributed by atoms with Crippen LogP contribution in [0.4, 0.5) is 0 Å². The minimum Gasteiger partial charge on any atom is -0.494 e. The second-order valence-electron chi connectivity index (χ2n) is 8.14. The summed E-state index contributed by atoms with van der Waals surface area (Å²) in [6.45, 7) is 4.78. The van der Waals surface area contributed by atoms with E-state index in [0.29, 0.717) is 36.0 Å². The van der Waals surface area contributed by atoms with E-state index in [1.165, 1.54) is 12.1 Å². The van der Waals surface area contributed by atoms with Crippen LogP contribution in [0.15, 0.2) is 66.1 Å². The maximum Gasteiger partial charge on any atom is 0.343 e. The molecule has 1 unspecified atom stereocenters. The number of rotatable bonds is 8. The zero-order chi connectivity index (χ0) is 26.5. The van der Waals surface area contributed by atoms with Gasteiger partial charge in [0.15, 0.2) is 5.75 Å². The van der Waals surface area contributed by atoms with Gasteiger partial charge in [-0.2, -0.15) is 5.26 Å². The van der Waals surface area contributed by atoms with Gasteiger partial charge in [0.1, 0.15) is 28.9 Å². The molecule has 0 aliphatic carbocycles. The second kappa shape index (κ2) is 11.5. The molecule has 1 atom stereocenters. The molecule has 0 saturated carbocycles. The van der Waals surface area contributed by atoms with E-state index in [1.807, 2.05) is 31.2 Å². The SMILES string of the molecule is CCCOc1cccc(C2C(C#N)=C(N)Oc3cc(OC(=O)c4cc(Cl)c(OCC)c(Cl)c4)ccc32)c1. The molecule has 4 rings (SSSR count). The number of esters is 1. The Hall–Kier alpha value is -3.86. The molecule has 0 fully saturated rings. The van der Waals surface area contributed by atoms with Gasteiger partial charge in [-0.1, -0.05) is 48.3 Å². The molecule has 37 heavy (non-hydrogen) atoms. The Morgan fingerprint density at radius 3 is 2.49 bits per heavy atom. The normalized spacial score (nSPS) is 14.3. The third-order valence-electron chi connectivity index (χ3n) is 5.59. The van der Waals surface area contributed by atoms with Crippen molar-refractivity contribution in [2.24, 2.45) is 5.73 Å². The van der Waals surface area contributed by atoms with Crippen LogP contribution in [0.5, 0.6) is 23.0 Å². The predicted octanol–water partition coefficient (Wildman–Crippen LogP) is 6.62. The molecule has 2 N–H and O–H groups in total. The highest BCUT2D eigenvalue weighted by Gasteiger charge is 2.31. The molecule has 3 aromatic rings. The highest BCUT2D eigenvalue weighted by atomic mass is 35.5. The summed E-state index contributed by atoms with van der Waals surface area (Å²) in [5, 5.41) is 10.2. The zero-order valence-corrected chi connectivity index (χ0v) is 21.7.